The third kappa shape index (κ3) is 2.67. The Morgan fingerprint density at radius 1 is 1.10 bits per heavy atom. The molecule has 3 aromatic rings. The number of nitrogens with one attached hydrogen (secondary N) is 3. The largest absolute Gasteiger partial charge is 0.366 e. The second kappa shape index (κ2) is 5.09. The van der Waals surface area contributed by atoms with E-state index in [2.05, 4.69) is 53.2 Å². The van der Waals surface area contributed by atoms with E-state index >= 15 is 0 Å². The number of nitrogens with zero attached hydrogens (tertiary/aromatic N) is 1. The Kier molecular flexibility index (Phi) is 3.25. The Balaban J connectivity index is 1.84. The number of hydrogen-bond acceptors (Lipinski definition) is 3. The van der Waals surface area contributed by atoms with Crippen LogP contribution in [0.3, 0.4) is 0 Å². The lowest BCUT2D eigenvalue weighted by molar-refractivity contribution is 1.06. The molecule has 3 rings (SSSR count). The zero-order chi connectivity index (χ0) is 15.0. The van der Waals surface area contributed by atoms with E-state index in [0.29, 0.717) is 17.7 Å². The molecule has 108 valence electrons. The van der Waals surface area contributed by atoms with Crippen molar-refractivity contribution >= 4 is 17.0 Å². The van der Waals surface area contributed by atoms with Crippen LogP contribution in [0.15, 0.2) is 29.1 Å². The first-order chi connectivity index (χ1) is 10.0. The number of aryl methyl sites for hydroxylation is 3. The molecule has 0 saturated heterocycles. The summed E-state index contributed by atoms with van der Waals surface area (Å²) in [5.74, 6) is 0.747. The molecule has 2 heterocycles. The van der Waals surface area contributed by atoms with Crippen molar-refractivity contribution in [3.8, 4) is 0 Å². The number of imidazole rings is 1. The fourth-order valence-electron chi connectivity index (χ4n) is 2.68. The molecule has 1 aromatic carbocycles. The van der Waals surface area contributed by atoms with E-state index in [9.17, 15) is 4.79 Å². The van der Waals surface area contributed by atoms with Crippen LogP contribution in [0.5, 0.6) is 0 Å². The van der Waals surface area contributed by atoms with Crippen LogP contribution in [-0.4, -0.2) is 15.0 Å². The molecule has 3 N–H and O–H groups in total. The van der Waals surface area contributed by atoms with Crippen LogP contribution in [0.25, 0.3) is 11.2 Å². The second-order valence-corrected chi connectivity index (χ2v) is 5.40. The van der Waals surface area contributed by atoms with Crippen molar-refractivity contribution in [1.29, 1.82) is 0 Å². The molecule has 5 heteroatoms. The molecule has 2 aromatic heterocycles. The van der Waals surface area contributed by atoms with E-state index in [1.165, 1.54) is 22.3 Å². The number of hydrogen-bond donors (Lipinski definition) is 3. The van der Waals surface area contributed by atoms with Gasteiger partial charge in [-0.15, -0.1) is 0 Å². The molecule has 21 heavy (non-hydrogen) atoms. The Morgan fingerprint density at radius 3 is 2.52 bits per heavy atom. The first-order valence-electron chi connectivity index (χ1n) is 6.92. The molecular weight excluding hydrogens is 264 g/mol. The van der Waals surface area contributed by atoms with Gasteiger partial charge in [0, 0.05) is 6.54 Å². The third-order valence-corrected chi connectivity index (χ3v) is 3.66. The van der Waals surface area contributed by atoms with E-state index in [1.807, 2.05) is 12.1 Å². The zero-order valence-electron chi connectivity index (χ0n) is 12.4. The molecule has 0 fully saturated rings. The van der Waals surface area contributed by atoms with E-state index in [1.54, 1.807) is 0 Å². The Labute approximate surface area is 122 Å². The van der Waals surface area contributed by atoms with Crippen LogP contribution < -0.4 is 11.0 Å². The monoisotopic (exact) mass is 282 g/mol. The summed E-state index contributed by atoms with van der Waals surface area (Å²) in [6.07, 6.45) is 0. The minimum absolute atomic E-state index is 0.236. The number of H-pyrrole nitrogens is 2. The summed E-state index contributed by atoms with van der Waals surface area (Å²) < 4.78 is 0. The molecule has 0 aliphatic carbocycles. The lowest BCUT2D eigenvalue weighted by Crippen LogP contribution is -2.05. The van der Waals surface area contributed by atoms with Crippen molar-refractivity contribution < 1.29 is 0 Å². The first kappa shape index (κ1) is 13.4. The number of anilines is 1. The van der Waals surface area contributed by atoms with Crippen molar-refractivity contribution in [2.24, 2.45) is 0 Å². The molecule has 0 aliphatic rings. The van der Waals surface area contributed by atoms with Crippen LogP contribution in [0, 0.1) is 20.8 Å². The quantitative estimate of drug-likeness (QED) is 0.691. The Bertz CT molecular complexity index is 837. The summed E-state index contributed by atoms with van der Waals surface area (Å²) in [7, 11) is 0. The van der Waals surface area contributed by atoms with Gasteiger partial charge in [-0.05, 0) is 49.6 Å². The summed E-state index contributed by atoms with van der Waals surface area (Å²) in [5, 5.41) is 3.32. The van der Waals surface area contributed by atoms with E-state index < -0.39 is 0 Å². The van der Waals surface area contributed by atoms with Gasteiger partial charge in [-0.1, -0.05) is 17.7 Å². The minimum Gasteiger partial charge on any atom is -0.366 e. The van der Waals surface area contributed by atoms with Crippen molar-refractivity contribution in [2.75, 3.05) is 5.32 Å². The highest BCUT2D eigenvalue weighted by Crippen LogP contribution is 2.18. The molecule has 0 aliphatic heterocycles. The maximum atomic E-state index is 11.2. The van der Waals surface area contributed by atoms with Gasteiger partial charge < -0.3 is 10.3 Å². The van der Waals surface area contributed by atoms with Gasteiger partial charge in [0.05, 0.1) is 5.52 Å². The maximum Gasteiger partial charge on any atom is 0.325 e. The van der Waals surface area contributed by atoms with Gasteiger partial charge >= 0.3 is 5.69 Å². The lowest BCUT2D eigenvalue weighted by Gasteiger charge is -2.12. The van der Waals surface area contributed by atoms with Crippen LogP contribution in [0.1, 0.15) is 22.3 Å². The zero-order valence-corrected chi connectivity index (χ0v) is 12.4. The Hall–Kier alpha value is -2.56. The minimum atomic E-state index is -0.236. The Morgan fingerprint density at radius 2 is 1.81 bits per heavy atom. The van der Waals surface area contributed by atoms with Crippen molar-refractivity contribution in [3.63, 3.8) is 0 Å². The molecule has 0 amide bonds. The fraction of sp³-hybridized carbons (Fsp3) is 0.250. The van der Waals surface area contributed by atoms with Gasteiger partial charge in [-0.2, -0.15) is 0 Å². The molecule has 0 unspecified atom stereocenters. The number of rotatable bonds is 3. The van der Waals surface area contributed by atoms with Crippen molar-refractivity contribution in [1.82, 2.24) is 15.0 Å². The smallest absolute Gasteiger partial charge is 0.325 e. The molecule has 5 nitrogen and oxygen atoms in total. The highest BCUT2D eigenvalue weighted by molar-refractivity contribution is 5.72. The highest BCUT2D eigenvalue weighted by atomic mass is 16.1. The van der Waals surface area contributed by atoms with Crippen LogP contribution in [0.2, 0.25) is 0 Å². The average Bonchev–Trinajstić information content (AvgIpc) is 2.76. The van der Waals surface area contributed by atoms with Crippen LogP contribution in [0.4, 0.5) is 5.82 Å². The first-order valence-corrected chi connectivity index (χ1v) is 6.92. The van der Waals surface area contributed by atoms with E-state index in [-0.39, 0.29) is 5.69 Å². The number of pyridine rings is 1. The number of fused-ring (bicyclic) bond motifs is 1. The number of aromatic amines is 2. The predicted octanol–water partition coefficient (Wildman–Crippen LogP) is 2.79. The van der Waals surface area contributed by atoms with Gasteiger partial charge in [0.15, 0.2) is 5.65 Å². The van der Waals surface area contributed by atoms with Gasteiger partial charge in [-0.3, -0.25) is 4.98 Å². The number of aromatic nitrogens is 3. The fourth-order valence-corrected chi connectivity index (χ4v) is 2.68. The number of benzene rings is 1. The standard InChI is InChI=1S/C16H18N4O/c1-9-6-10(2)12(11(3)7-9)8-17-14-5-4-13-15(19-14)20-16(21)18-13/h4-7H,8H2,1-3H3,(H3,17,18,19,20,21). The van der Waals surface area contributed by atoms with Crippen LogP contribution >= 0.6 is 0 Å². The van der Waals surface area contributed by atoms with Crippen molar-refractivity contribution in [2.45, 2.75) is 27.3 Å². The van der Waals surface area contributed by atoms with E-state index in [4.69, 9.17) is 0 Å². The second-order valence-electron chi connectivity index (χ2n) is 5.40. The van der Waals surface area contributed by atoms with Gasteiger partial charge in [-0.25, -0.2) is 9.78 Å². The SMILES string of the molecule is Cc1cc(C)c(CNc2ccc3[nH]c(=O)[nH]c3n2)c(C)c1. The highest BCUT2D eigenvalue weighted by Gasteiger charge is 2.05. The summed E-state index contributed by atoms with van der Waals surface area (Å²) in [6, 6.07) is 8.08. The molecule has 0 spiro atoms. The predicted molar refractivity (Wildman–Crippen MR) is 84.7 cm³/mol. The summed E-state index contributed by atoms with van der Waals surface area (Å²) >= 11 is 0. The molecular formula is C16H18N4O. The van der Waals surface area contributed by atoms with Crippen LogP contribution in [-0.2, 0) is 6.54 Å². The van der Waals surface area contributed by atoms with Gasteiger partial charge in [0.25, 0.3) is 0 Å². The van der Waals surface area contributed by atoms with E-state index in [0.717, 1.165) is 5.82 Å². The summed E-state index contributed by atoms with van der Waals surface area (Å²) in [4.78, 5) is 21.0. The van der Waals surface area contributed by atoms with Gasteiger partial charge in [0.2, 0.25) is 0 Å². The molecule has 0 radical (unpaired) electrons. The molecule has 0 atom stereocenters. The molecule has 0 saturated carbocycles. The topological polar surface area (TPSA) is 73.6 Å². The third-order valence-electron chi connectivity index (χ3n) is 3.66. The average molecular weight is 282 g/mol. The summed E-state index contributed by atoms with van der Waals surface area (Å²) in [6.45, 7) is 7.06. The van der Waals surface area contributed by atoms with Gasteiger partial charge in [0.1, 0.15) is 5.82 Å². The van der Waals surface area contributed by atoms with Crippen molar-refractivity contribution in [3.05, 3.63) is 57.0 Å². The summed E-state index contributed by atoms with van der Waals surface area (Å²) in [5.41, 5.74) is 6.16. The molecule has 0 bridgehead atoms. The maximum absolute atomic E-state index is 11.2. The normalized spacial score (nSPS) is 11.0. The lowest BCUT2D eigenvalue weighted by atomic mass is 10.00.